The summed E-state index contributed by atoms with van der Waals surface area (Å²) in [5.41, 5.74) is 1.84. The number of carbonyl (C=O) groups excluding carboxylic acids is 1. The van der Waals surface area contributed by atoms with Crippen LogP contribution in [0.2, 0.25) is 0 Å². The molecule has 0 aliphatic carbocycles. The number of thiazole rings is 1. The molecule has 0 saturated carbocycles. The molecule has 5 rings (SSSR count). The molecule has 1 atom stereocenters. The van der Waals surface area contributed by atoms with Gasteiger partial charge in [0.15, 0.2) is 16.6 Å². The normalized spacial score (nSPS) is 15.7. The largest absolute Gasteiger partial charge is 0.456 e. The molecule has 178 valence electrons. The molecule has 11 nitrogen and oxygen atoms in total. The van der Waals surface area contributed by atoms with E-state index in [0.717, 1.165) is 25.2 Å². The maximum Gasteiger partial charge on any atom is 0.358 e. The summed E-state index contributed by atoms with van der Waals surface area (Å²) in [6.45, 7) is 3.58. The van der Waals surface area contributed by atoms with E-state index in [1.807, 2.05) is 32.2 Å². The van der Waals surface area contributed by atoms with Gasteiger partial charge < -0.3 is 15.0 Å². The van der Waals surface area contributed by atoms with Gasteiger partial charge in [0.1, 0.15) is 23.4 Å². The SMILES string of the molecule is Cc1cccc(-c2nccc(Nc3ccnc(Nc4nc(C(=O)O[C@H]5CCN(C)C5)cs4)n3)n2)n1. The van der Waals surface area contributed by atoms with Crippen molar-refractivity contribution in [2.75, 3.05) is 30.8 Å². The minimum atomic E-state index is -0.423. The number of anilines is 4. The van der Waals surface area contributed by atoms with Crippen molar-refractivity contribution < 1.29 is 9.53 Å². The molecule has 0 radical (unpaired) electrons. The fraction of sp³-hybridized carbons (Fsp3) is 0.261. The van der Waals surface area contributed by atoms with Crippen LogP contribution in [-0.4, -0.2) is 67.0 Å². The number of nitrogens with one attached hydrogen (secondary N) is 2. The first kappa shape index (κ1) is 22.7. The molecule has 1 aliphatic rings. The van der Waals surface area contributed by atoms with Crippen LogP contribution < -0.4 is 10.6 Å². The van der Waals surface area contributed by atoms with Crippen molar-refractivity contribution in [2.24, 2.45) is 0 Å². The van der Waals surface area contributed by atoms with Gasteiger partial charge >= 0.3 is 5.97 Å². The summed E-state index contributed by atoms with van der Waals surface area (Å²) in [6, 6.07) is 9.17. The number of esters is 1. The second kappa shape index (κ2) is 10.1. The van der Waals surface area contributed by atoms with Crippen LogP contribution in [0.15, 0.2) is 48.1 Å². The van der Waals surface area contributed by atoms with Gasteiger partial charge in [-0.3, -0.25) is 5.32 Å². The molecule has 0 bridgehead atoms. The molecule has 0 spiro atoms. The number of pyridine rings is 1. The van der Waals surface area contributed by atoms with Gasteiger partial charge in [0.25, 0.3) is 0 Å². The standard InChI is InChI=1S/C23H23N9O2S/c1-14-4-3-5-16(26-14)20-24-9-6-18(29-20)28-19-7-10-25-22(30-19)31-23-27-17(13-35-23)21(33)34-15-8-11-32(2)12-15/h3-7,9-10,13,15H,8,11-12H2,1-2H3,(H2,24,25,27,28,29,30,31)/t15-/m0/s1. The first-order chi connectivity index (χ1) is 17.0. The van der Waals surface area contributed by atoms with E-state index in [4.69, 9.17) is 4.74 Å². The zero-order valence-electron chi connectivity index (χ0n) is 19.2. The van der Waals surface area contributed by atoms with Crippen LogP contribution in [0.1, 0.15) is 22.6 Å². The fourth-order valence-corrected chi connectivity index (χ4v) is 4.24. The molecule has 1 saturated heterocycles. The van der Waals surface area contributed by atoms with Crippen LogP contribution in [0.4, 0.5) is 22.7 Å². The summed E-state index contributed by atoms with van der Waals surface area (Å²) < 4.78 is 5.54. The Labute approximate surface area is 205 Å². The van der Waals surface area contributed by atoms with Gasteiger partial charge in [-0.15, -0.1) is 11.3 Å². The smallest absolute Gasteiger partial charge is 0.358 e. The average Bonchev–Trinajstić information content (AvgIpc) is 3.48. The molecule has 0 amide bonds. The number of likely N-dealkylation sites (tertiary alicyclic amines) is 1. The number of hydrogen-bond donors (Lipinski definition) is 2. The van der Waals surface area contributed by atoms with E-state index >= 15 is 0 Å². The quantitative estimate of drug-likeness (QED) is 0.370. The van der Waals surface area contributed by atoms with Crippen molar-refractivity contribution in [3.8, 4) is 11.5 Å². The molecule has 4 aromatic rings. The van der Waals surface area contributed by atoms with Crippen molar-refractivity contribution in [2.45, 2.75) is 19.4 Å². The number of ether oxygens (including phenoxy) is 1. The Morgan fingerprint density at radius 1 is 1.06 bits per heavy atom. The molecular weight excluding hydrogens is 466 g/mol. The number of rotatable bonds is 7. The molecule has 1 fully saturated rings. The lowest BCUT2D eigenvalue weighted by atomic mass is 10.3. The Morgan fingerprint density at radius 2 is 1.89 bits per heavy atom. The molecule has 0 unspecified atom stereocenters. The molecule has 35 heavy (non-hydrogen) atoms. The van der Waals surface area contributed by atoms with Crippen molar-refractivity contribution >= 4 is 40.0 Å². The number of aryl methyl sites for hydroxylation is 1. The first-order valence-electron chi connectivity index (χ1n) is 11.0. The third-order valence-corrected chi connectivity index (χ3v) is 6.00. The summed E-state index contributed by atoms with van der Waals surface area (Å²) in [6.07, 6.45) is 4.01. The average molecular weight is 490 g/mol. The van der Waals surface area contributed by atoms with Gasteiger partial charge in [-0.25, -0.2) is 29.7 Å². The Morgan fingerprint density at radius 3 is 2.69 bits per heavy atom. The number of nitrogens with zero attached hydrogens (tertiary/aromatic N) is 7. The van der Waals surface area contributed by atoms with Crippen LogP contribution in [0.3, 0.4) is 0 Å². The van der Waals surface area contributed by atoms with Crippen LogP contribution in [0.25, 0.3) is 11.5 Å². The molecule has 5 heterocycles. The predicted octanol–water partition coefficient (Wildman–Crippen LogP) is 3.44. The Hall–Kier alpha value is -4.03. The highest BCUT2D eigenvalue weighted by atomic mass is 32.1. The predicted molar refractivity (Wildman–Crippen MR) is 132 cm³/mol. The Bertz CT molecular complexity index is 1350. The maximum atomic E-state index is 12.4. The van der Waals surface area contributed by atoms with Crippen LogP contribution in [0, 0.1) is 6.92 Å². The Kier molecular flexibility index (Phi) is 6.55. The minimum absolute atomic E-state index is 0.0966. The van der Waals surface area contributed by atoms with Crippen molar-refractivity contribution in [1.29, 1.82) is 0 Å². The lowest BCUT2D eigenvalue weighted by Crippen LogP contribution is -2.22. The fourth-order valence-electron chi connectivity index (χ4n) is 3.56. The number of carbonyl (C=O) groups is 1. The van der Waals surface area contributed by atoms with E-state index in [-0.39, 0.29) is 11.8 Å². The molecule has 1 aliphatic heterocycles. The second-order valence-electron chi connectivity index (χ2n) is 8.06. The summed E-state index contributed by atoms with van der Waals surface area (Å²) in [7, 11) is 2.01. The van der Waals surface area contributed by atoms with E-state index in [2.05, 4.69) is 45.4 Å². The third-order valence-electron chi connectivity index (χ3n) is 5.24. The zero-order chi connectivity index (χ0) is 24.2. The summed E-state index contributed by atoms with van der Waals surface area (Å²) >= 11 is 1.28. The number of hydrogen-bond acceptors (Lipinski definition) is 12. The highest BCUT2D eigenvalue weighted by Gasteiger charge is 2.24. The summed E-state index contributed by atoms with van der Waals surface area (Å²) in [5, 5.41) is 8.35. The van der Waals surface area contributed by atoms with E-state index in [0.29, 0.717) is 34.2 Å². The van der Waals surface area contributed by atoms with Gasteiger partial charge in [0.05, 0.1) is 0 Å². The van der Waals surface area contributed by atoms with E-state index in [1.54, 1.807) is 29.9 Å². The van der Waals surface area contributed by atoms with E-state index < -0.39 is 5.97 Å². The first-order valence-corrected chi connectivity index (χ1v) is 11.9. The zero-order valence-corrected chi connectivity index (χ0v) is 20.0. The monoisotopic (exact) mass is 489 g/mol. The molecule has 2 N–H and O–H groups in total. The lowest BCUT2D eigenvalue weighted by molar-refractivity contribution is 0.0321. The number of likely N-dealkylation sites (N-methyl/N-ethyl adjacent to an activating group) is 1. The maximum absolute atomic E-state index is 12.4. The van der Waals surface area contributed by atoms with E-state index in [1.165, 1.54) is 11.3 Å². The van der Waals surface area contributed by atoms with Gasteiger partial charge in [-0.2, -0.15) is 4.98 Å². The number of aromatic nitrogens is 6. The molecular formula is C23H23N9O2S. The van der Waals surface area contributed by atoms with E-state index in [9.17, 15) is 4.79 Å². The van der Waals surface area contributed by atoms with Crippen LogP contribution in [-0.2, 0) is 4.74 Å². The highest BCUT2D eigenvalue weighted by Crippen LogP contribution is 2.22. The van der Waals surface area contributed by atoms with Gasteiger partial charge in [0, 0.05) is 36.6 Å². The van der Waals surface area contributed by atoms with Gasteiger partial charge in [-0.1, -0.05) is 6.07 Å². The summed E-state index contributed by atoms with van der Waals surface area (Å²) in [5.74, 6) is 1.52. The Balaban J connectivity index is 1.24. The van der Waals surface area contributed by atoms with Crippen molar-refractivity contribution in [1.82, 2.24) is 34.8 Å². The van der Waals surface area contributed by atoms with Gasteiger partial charge in [-0.05, 0) is 44.7 Å². The third kappa shape index (κ3) is 5.73. The second-order valence-corrected chi connectivity index (χ2v) is 8.92. The molecule has 12 heteroatoms. The summed E-state index contributed by atoms with van der Waals surface area (Å²) in [4.78, 5) is 40.9. The van der Waals surface area contributed by atoms with Gasteiger partial charge in [0.2, 0.25) is 5.95 Å². The highest BCUT2D eigenvalue weighted by molar-refractivity contribution is 7.14. The topological polar surface area (TPSA) is 131 Å². The minimum Gasteiger partial charge on any atom is -0.456 e. The van der Waals surface area contributed by atoms with Crippen LogP contribution >= 0.6 is 11.3 Å². The molecule has 0 aromatic carbocycles. The van der Waals surface area contributed by atoms with Crippen molar-refractivity contribution in [3.63, 3.8) is 0 Å². The van der Waals surface area contributed by atoms with Crippen LogP contribution in [0.5, 0.6) is 0 Å². The van der Waals surface area contributed by atoms with Crippen molar-refractivity contribution in [3.05, 3.63) is 59.5 Å². The lowest BCUT2D eigenvalue weighted by Gasteiger charge is -2.10. The molecule has 4 aromatic heterocycles.